The largest absolute Gasteiger partial charge is 0.304 e. The monoisotopic (exact) mass is 336 g/mol. The minimum Gasteiger partial charge on any atom is -0.304 e. The highest BCUT2D eigenvalue weighted by atomic mass is 35.5. The van der Waals surface area contributed by atoms with Crippen molar-refractivity contribution in [1.82, 2.24) is 19.5 Å². The van der Waals surface area contributed by atoms with Gasteiger partial charge in [0, 0.05) is 16.6 Å². The molecule has 120 valence electrons. The first-order chi connectivity index (χ1) is 11.7. The minimum atomic E-state index is 0.263. The summed E-state index contributed by atoms with van der Waals surface area (Å²) in [5, 5.41) is 0.696. The van der Waals surface area contributed by atoms with Crippen LogP contribution in [-0.4, -0.2) is 19.5 Å². The van der Waals surface area contributed by atoms with Crippen LogP contribution in [0.3, 0.4) is 0 Å². The zero-order chi connectivity index (χ0) is 16.7. The van der Waals surface area contributed by atoms with Gasteiger partial charge in [-0.05, 0) is 37.6 Å². The van der Waals surface area contributed by atoms with Crippen LogP contribution in [0.15, 0.2) is 48.5 Å². The maximum absolute atomic E-state index is 6.18. The lowest BCUT2D eigenvalue weighted by Crippen LogP contribution is -2.07. The number of aromatic nitrogens is 4. The lowest BCUT2D eigenvalue weighted by molar-refractivity contribution is 0.547. The Morgan fingerprint density at radius 1 is 1.00 bits per heavy atom. The third-order valence-electron chi connectivity index (χ3n) is 4.32. The van der Waals surface area contributed by atoms with Crippen LogP contribution in [0.5, 0.6) is 0 Å². The second-order valence-corrected chi connectivity index (χ2v) is 6.37. The molecule has 0 N–H and O–H groups in total. The van der Waals surface area contributed by atoms with Crippen LogP contribution >= 0.6 is 11.6 Å². The van der Waals surface area contributed by atoms with Gasteiger partial charge in [-0.25, -0.2) is 15.0 Å². The maximum Gasteiger partial charge on any atom is 0.198 e. The quantitative estimate of drug-likeness (QED) is 0.511. The first-order valence-electron chi connectivity index (χ1n) is 8.08. The fourth-order valence-corrected chi connectivity index (χ4v) is 3.09. The Hall–Kier alpha value is -2.46. The number of hydrogen-bond donors (Lipinski definition) is 0. The molecule has 24 heavy (non-hydrogen) atoms. The van der Waals surface area contributed by atoms with Gasteiger partial charge in [-0.15, -0.1) is 0 Å². The van der Waals surface area contributed by atoms with Crippen molar-refractivity contribution in [1.29, 1.82) is 0 Å². The number of nitrogens with zero attached hydrogens (tertiary/aromatic N) is 4. The molecule has 0 bridgehead atoms. The highest BCUT2D eigenvalue weighted by Crippen LogP contribution is 2.30. The number of fused-ring (bicyclic) bond motifs is 2. The Bertz CT molecular complexity index is 1040. The molecule has 4 aromatic rings. The van der Waals surface area contributed by atoms with Gasteiger partial charge in [0.1, 0.15) is 5.82 Å². The highest BCUT2D eigenvalue weighted by Gasteiger charge is 2.19. The highest BCUT2D eigenvalue weighted by molar-refractivity contribution is 6.30. The SMILES string of the molecule is CCC(C)n1c(-c2cccc(Cl)c2)nc2nc3ccccc3nc21. The first kappa shape index (κ1) is 15.1. The summed E-state index contributed by atoms with van der Waals surface area (Å²) in [5.41, 5.74) is 4.21. The number of imidazole rings is 1. The van der Waals surface area contributed by atoms with Gasteiger partial charge >= 0.3 is 0 Å². The fourth-order valence-electron chi connectivity index (χ4n) is 2.90. The van der Waals surface area contributed by atoms with Gasteiger partial charge in [0.15, 0.2) is 11.3 Å². The Labute approximate surface area is 145 Å². The van der Waals surface area contributed by atoms with Crippen LogP contribution in [0.1, 0.15) is 26.3 Å². The Morgan fingerprint density at radius 2 is 1.75 bits per heavy atom. The summed E-state index contributed by atoms with van der Waals surface area (Å²) >= 11 is 6.18. The van der Waals surface area contributed by atoms with Gasteiger partial charge in [0.05, 0.1) is 11.0 Å². The van der Waals surface area contributed by atoms with Crippen LogP contribution in [0.2, 0.25) is 5.02 Å². The third-order valence-corrected chi connectivity index (χ3v) is 4.55. The molecule has 0 fully saturated rings. The van der Waals surface area contributed by atoms with Crippen LogP contribution in [0, 0.1) is 0 Å². The van der Waals surface area contributed by atoms with Crippen molar-refractivity contribution in [3.05, 3.63) is 53.6 Å². The molecule has 0 radical (unpaired) electrons. The van der Waals surface area contributed by atoms with E-state index in [4.69, 9.17) is 26.6 Å². The summed E-state index contributed by atoms with van der Waals surface area (Å²) in [6.45, 7) is 4.33. The van der Waals surface area contributed by atoms with Crippen molar-refractivity contribution < 1.29 is 0 Å². The van der Waals surface area contributed by atoms with E-state index in [0.717, 1.165) is 34.5 Å². The minimum absolute atomic E-state index is 0.263. The van der Waals surface area contributed by atoms with Crippen molar-refractivity contribution in [2.45, 2.75) is 26.3 Å². The maximum atomic E-state index is 6.18. The molecule has 1 unspecified atom stereocenters. The average Bonchev–Trinajstić information content (AvgIpc) is 2.97. The van der Waals surface area contributed by atoms with Crippen LogP contribution in [-0.2, 0) is 0 Å². The van der Waals surface area contributed by atoms with Gasteiger partial charge in [-0.1, -0.05) is 42.8 Å². The molecule has 5 heteroatoms. The predicted octanol–water partition coefficient (Wildman–Crippen LogP) is 5.27. The molecule has 4 nitrogen and oxygen atoms in total. The Kier molecular flexibility index (Phi) is 3.69. The van der Waals surface area contributed by atoms with E-state index >= 15 is 0 Å². The van der Waals surface area contributed by atoms with E-state index in [-0.39, 0.29) is 6.04 Å². The van der Waals surface area contributed by atoms with Crippen molar-refractivity contribution in [3.63, 3.8) is 0 Å². The van der Waals surface area contributed by atoms with Gasteiger partial charge in [0.25, 0.3) is 0 Å². The number of para-hydroxylation sites is 2. The van der Waals surface area contributed by atoms with Crippen molar-refractivity contribution >= 4 is 33.9 Å². The van der Waals surface area contributed by atoms with Crippen molar-refractivity contribution in [2.75, 3.05) is 0 Å². The molecule has 0 aliphatic rings. The van der Waals surface area contributed by atoms with E-state index in [1.165, 1.54) is 0 Å². The summed E-state index contributed by atoms with van der Waals surface area (Å²) in [6.07, 6.45) is 0.980. The molecule has 0 aliphatic heterocycles. The Morgan fingerprint density at radius 3 is 2.46 bits per heavy atom. The molecular weight excluding hydrogens is 320 g/mol. The summed E-state index contributed by atoms with van der Waals surface area (Å²) < 4.78 is 2.17. The summed E-state index contributed by atoms with van der Waals surface area (Å²) in [7, 11) is 0. The lowest BCUT2D eigenvalue weighted by Gasteiger charge is -2.15. The predicted molar refractivity (Wildman–Crippen MR) is 98.3 cm³/mol. The van der Waals surface area contributed by atoms with Crippen LogP contribution < -0.4 is 0 Å². The third kappa shape index (κ3) is 2.43. The molecule has 0 saturated heterocycles. The zero-order valence-electron chi connectivity index (χ0n) is 13.6. The summed E-state index contributed by atoms with van der Waals surface area (Å²) in [5.74, 6) is 0.858. The van der Waals surface area contributed by atoms with Crippen LogP contribution in [0.25, 0.3) is 33.7 Å². The molecule has 1 atom stereocenters. The zero-order valence-corrected chi connectivity index (χ0v) is 14.3. The van der Waals surface area contributed by atoms with E-state index in [9.17, 15) is 0 Å². The summed E-state index contributed by atoms with van der Waals surface area (Å²) in [4.78, 5) is 14.3. The molecule has 2 heterocycles. The van der Waals surface area contributed by atoms with E-state index in [1.54, 1.807) is 0 Å². The molecule has 4 rings (SSSR count). The number of hydrogen-bond acceptors (Lipinski definition) is 3. The first-order valence-corrected chi connectivity index (χ1v) is 8.46. The molecule has 2 aromatic heterocycles. The second-order valence-electron chi connectivity index (χ2n) is 5.93. The van der Waals surface area contributed by atoms with Gasteiger partial charge in [-0.3, -0.25) is 0 Å². The van der Waals surface area contributed by atoms with Crippen LogP contribution in [0.4, 0.5) is 0 Å². The van der Waals surface area contributed by atoms with Gasteiger partial charge < -0.3 is 4.57 Å². The molecule has 2 aromatic carbocycles. The second kappa shape index (κ2) is 5.87. The Balaban J connectivity index is 2.06. The molecule has 0 spiro atoms. The van der Waals surface area contributed by atoms with E-state index in [1.807, 2.05) is 48.5 Å². The number of benzene rings is 2. The molecular formula is C19H17ClN4. The molecule has 0 amide bonds. The van der Waals surface area contributed by atoms with Gasteiger partial charge in [0.2, 0.25) is 0 Å². The fraction of sp³-hybridized carbons (Fsp3) is 0.211. The topological polar surface area (TPSA) is 43.6 Å². The molecule has 0 saturated carbocycles. The number of rotatable bonds is 3. The number of halogens is 1. The van der Waals surface area contributed by atoms with Crippen molar-refractivity contribution in [3.8, 4) is 11.4 Å². The van der Waals surface area contributed by atoms with E-state index in [2.05, 4.69) is 18.4 Å². The average molecular weight is 337 g/mol. The summed E-state index contributed by atoms with van der Waals surface area (Å²) in [6, 6.07) is 15.9. The molecule has 0 aliphatic carbocycles. The van der Waals surface area contributed by atoms with Crippen molar-refractivity contribution in [2.24, 2.45) is 0 Å². The lowest BCUT2D eigenvalue weighted by atomic mass is 10.2. The standard InChI is InChI=1S/C19H17ClN4/c1-3-12(2)24-18(13-7-6-8-14(20)11-13)23-17-19(24)22-16-10-5-4-9-15(16)21-17/h4-12H,3H2,1-2H3. The van der Waals surface area contributed by atoms with E-state index < -0.39 is 0 Å². The normalized spacial score (nSPS) is 12.8. The van der Waals surface area contributed by atoms with Gasteiger partial charge in [-0.2, -0.15) is 0 Å². The van der Waals surface area contributed by atoms with E-state index in [0.29, 0.717) is 10.7 Å². The smallest absolute Gasteiger partial charge is 0.198 e.